The fraction of sp³-hybridized carbons (Fsp3) is 0.241. The van der Waals surface area contributed by atoms with Gasteiger partial charge in [-0.1, -0.05) is 51.1 Å². The molecule has 12 nitrogen and oxygen atoms in total. The summed E-state index contributed by atoms with van der Waals surface area (Å²) < 4.78 is 46.4. The van der Waals surface area contributed by atoms with Crippen molar-refractivity contribution >= 4 is 27.7 Å². The van der Waals surface area contributed by atoms with Gasteiger partial charge in [-0.25, -0.2) is 23.2 Å². The minimum Gasteiger partial charge on any atom is -0.493 e. The Bertz CT molecular complexity index is 1610. The Hall–Kier alpha value is -4.91. The molecule has 42 heavy (non-hydrogen) atoms. The molecule has 0 aliphatic heterocycles. The van der Waals surface area contributed by atoms with Gasteiger partial charge in [-0.3, -0.25) is 10.0 Å². The van der Waals surface area contributed by atoms with Gasteiger partial charge in [-0.15, -0.1) is 0 Å². The minimum absolute atomic E-state index is 0.0185. The SMILES string of the molecule is COc1ccccc1Oc1c(NS(=O)(=O)c2ccc(C(C)(C)C)cc2)ncnc1OCCNC(=O)Nc1ccccn1. The predicted octanol–water partition coefficient (Wildman–Crippen LogP) is 4.97. The number of hydrogen-bond donors (Lipinski definition) is 3. The van der Waals surface area contributed by atoms with Gasteiger partial charge in [0.1, 0.15) is 18.8 Å². The standard InChI is InChI=1S/C29H32N6O6S/c1-29(2,3)20-12-14-21(15-13-20)42(37,38)35-26-25(41-23-10-6-5-9-22(23)39-4)27(33-19-32-26)40-18-17-31-28(36)34-24-11-7-8-16-30-24/h5-16,19H,17-18H2,1-4H3,(H,32,33,35)(H2,30,31,34,36). The highest BCUT2D eigenvalue weighted by Gasteiger charge is 2.24. The van der Waals surface area contributed by atoms with E-state index in [-0.39, 0.29) is 46.7 Å². The largest absolute Gasteiger partial charge is 0.493 e. The summed E-state index contributed by atoms with van der Waals surface area (Å²) in [6, 6.07) is 18.1. The van der Waals surface area contributed by atoms with Crippen molar-refractivity contribution in [1.82, 2.24) is 20.3 Å². The van der Waals surface area contributed by atoms with Gasteiger partial charge >= 0.3 is 6.03 Å². The second kappa shape index (κ2) is 13.2. The molecule has 0 spiro atoms. The summed E-state index contributed by atoms with van der Waals surface area (Å²) in [6.07, 6.45) is 2.70. The molecule has 0 bridgehead atoms. The van der Waals surface area contributed by atoms with E-state index in [9.17, 15) is 13.2 Å². The Kier molecular flexibility index (Phi) is 9.42. The minimum atomic E-state index is -4.07. The third-order valence-corrected chi connectivity index (χ3v) is 7.20. The Balaban J connectivity index is 1.55. The molecule has 220 valence electrons. The van der Waals surface area contributed by atoms with Crippen LogP contribution in [0.25, 0.3) is 0 Å². The fourth-order valence-electron chi connectivity index (χ4n) is 3.67. The van der Waals surface area contributed by atoms with Crippen LogP contribution in [0, 0.1) is 0 Å². The Morgan fingerprint density at radius 1 is 0.905 bits per heavy atom. The molecule has 0 fully saturated rings. The summed E-state index contributed by atoms with van der Waals surface area (Å²) >= 11 is 0. The highest BCUT2D eigenvalue weighted by Crippen LogP contribution is 2.40. The number of nitrogens with one attached hydrogen (secondary N) is 3. The van der Waals surface area contributed by atoms with Crippen LogP contribution in [-0.2, 0) is 15.4 Å². The molecule has 0 aliphatic carbocycles. The van der Waals surface area contributed by atoms with Crippen LogP contribution in [0.2, 0.25) is 0 Å². The molecule has 2 amide bonds. The Morgan fingerprint density at radius 2 is 1.62 bits per heavy atom. The summed E-state index contributed by atoms with van der Waals surface area (Å²) in [5, 5.41) is 5.25. The second-order valence-electron chi connectivity index (χ2n) is 9.93. The second-order valence-corrected chi connectivity index (χ2v) is 11.6. The number of methoxy groups -OCH3 is 1. The molecule has 0 saturated carbocycles. The first kappa shape index (κ1) is 30.1. The van der Waals surface area contributed by atoms with Crippen LogP contribution < -0.4 is 29.6 Å². The fourth-order valence-corrected chi connectivity index (χ4v) is 4.68. The number of pyridine rings is 1. The predicted molar refractivity (Wildman–Crippen MR) is 158 cm³/mol. The van der Waals surface area contributed by atoms with Crippen molar-refractivity contribution in [2.45, 2.75) is 31.1 Å². The molecule has 4 aromatic rings. The first-order chi connectivity index (χ1) is 20.1. The smallest absolute Gasteiger partial charge is 0.320 e. The number of amides is 2. The highest BCUT2D eigenvalue weighted by molar-refractivity contribution is 7.92. The topological polar surface area (TPSA) is 154 Å². The number of anilines is 2. The number of urea groups is 1. The highest BCUT2D eigenvalue weighted by atomic mass is 32.2. The van der Waals surface area contributed by atoms with Gasteiger partial charge in [0.15, 0.2) is 17.3 Å². The van der Waals surface area contributed by atoms with Crippen LogP contribution in [0.1, 0.15) is 26.3 Å². The average Bonchev–Trinajstić information content (AvgIpc) is 2.97. The number of sulfonamides is 1. The Labute approximate surface area is 244 Å². The van der Waals surface area contributed by atoms with E-state index in [0.717, 1.165) is 11.9 Å². The van der Waals surface area contributed by atoms with Crippen LogP contribution in [-0.4, -0.2) is 49.7 Å². The molecule has 13 heteroatoms. The van der Waals surface area contributed by atoms with Crippen molar-refractivity contribution in [2.24, 2.45) is 0 Å². The quantitative estimate of drug-likeness (QED) is 0.205. The van der Waals surface area contributed by atoms with Crippen molar-refractivity contribution < 1.29 is 27.4 Å². The molecule has 4 rings (SSSR count). The molecule has 0 saturated heterocycles. The summed E-state index contributed by atoms with van der Waals surface area (Å²) in [5.41, 5.74) is 0.847. The number of hydrogen-bond acceptors (Lipinski definition) is 9. The summed E-state index contributed by atoms with van der Waals surface area (Å²) in [6.45, 7) is 6.20. The zero-order chi connectivity index (χ0) is 30.2. The van der Waals surface area contributed by atoms with Gasteiger partial charge in [-0.05, 0) is 47.4 Å². The number of para-hydroxylation sites is 2. The van der Waals surface area contributed by atoms with Crippen molar-refractivity contribution in [2.75, 3.05) is 30.3 Å². The molecule has 0 aliphatic rings. The van der Waals surface area contributed by atoms with E-state index in [1.807, 2.05) is 20.8 Å². The van der Waals surface area contributed by atoms with E-state index >= 15 is 0 Å². The van der Waals surface area contributed by atoms with Gasteiger partial charge in [0.25, 0.3) is 15.9 Å². The lowest BCUT2D eigenvalue weighted by molar-refractivity contribution is 0.245. The number of carbonyl (C=O) groups is 1. The van der Waals surface area contributed by atoms with Crippen LogP contribution in [0.4, 0.5) is 16.4 Å². The monoisotopic (exact) mass is 592 g/mol. The van der Waals surface area contributed by atoms with E-state index < -0.39 is 16.1 Å². The van der Waals surface area contributed by atoms with Crippen LogP contribution in [0.5, 0.6) is 23.1 Å². The molecule has 0 radical (unpaired) electrons. The molecule has 0 atom stereocenters. The summed E-state index contributed by atoms with van der Waals surface area (Å²) in [7, 11) is -2.59. The van der Waals surface area contributed by atoms with E-state index in [2.05, 4.69) is 30.3 Å². The van der Waals surface area contributed by atoms with Crippen molar-refractivity contribution in [3.05, 3.63) is 84.8 Å². The maximum atomic E-state index is 13.3. The summed E-state index contributed by atoms with van der Waals surface area (Å²) in [4.78, 5) is 24.5. The van der Waals surface area contributed by atoms with Crippen LogP contribution in [0.3, 0.4) is 0 Å². The summed E-state index contributed by atoms with van der Waals surface area (Å²) in [5.74, 6) is 0.781. The van der Waals surface area contributed by atoms with Crippen LogP contribution >= 0.6 is 0 Å². The molecule has 0 unspecified atom stereocenters. The van der Waals surface area contributed by atoms with Gasteiger partial charge in [0, 0.05) is 6.20 Å². The number of ether oxygens (including phenoxy) is 3. The lowest BCUT2D eigenvalue weighted by atomic mass is 9.87. The Morgan fingerprint density at radius 3 is 2.29 bits per heavy atom. The first-order valence-corrected chi connectivity index (χ1v) is 14.4. The van der Waals surface area contributed by atoms with Crippen molar-refractivity contribution in [1.29, 1.82) is 0 Å². The van der Waals surface area contributed by atoms with Crippen LogP contribution in [0.15, 0.2) is 84.1 Å². The van der Waals surface area contributed by atoms with Gasteiger partial charge < -0.3 is 19.5 Å². The van der Waals surface area contributed by atoms with Gasteiger partial charge in [0.2, 0.25) is 5.75 Å². The molecule has 3 N–H and O–H groups in total. The molecule has 2 heterocycles. The first-order valence-electron chi connectivity index (χ1n) is 12.9. The molecule has 2 aromatic carbocycles. The average molecular weight is 593 g/mol. The molecular weight excluding hydrogens is 560 g/mol. The zero-order valence-corrected chi connectivity index (χ0v) is 24.4. The number of nitrogens with zero attached hydrogens (tertiary/aromatic N) is 3. The number of benzene rings is 2. The third kappa shape index (κ3) is 7.85. The number of aromatic nitrogens is 3. The lowest BCUT2D eigenvalue weighted by Gasteiger charge is -2.19. The van der Waals surface area contributed by atoms with E-state index in [1.165, 1.54) is 19.2 Å². The molecule has 2 aromatic heterocycles. The lowest BCUT2D eigenvalue weighted by Crippen LogP contribution is -2.32. The van der Waals surface area contributed by atoms with Crippen molar-refractivity contribution in [3.63, 3.8) is 0 Å². The van der Waals surface area contributed by atoms with Gasteiger partial charge in [0.05, 0.1) is 18.6 Å². The zero-order valence-electron chi connectivity index (χ0n) is 23.6. The van der Waals surface area contributed by atoms with E-state index in [0.29, 0.717) is 11.6 Å². The number of rotatable bonds is 11. The maximum Gasteiger partial charge on any atom is 0.320 e. The maximum absolute atomic E-state index is 13.3. The molecular formula is C29H32N6O6S. The van der Waals surface area contributed by atoms with E-state index in [4.69, 9.17) is 14.2 Å². The number of carbonyl (C=O) groups excluding carboxylic acids is 1. The van der Waals surface area contributed by atoms with Crippen molar-refractivity contribution in [3.8, 4) is 23.1 Å². The third-order valence-electron chi connectivity index (χ3n) is 5.85. The van der Waals surface area contributed by atoms with Gasteiger partial charge in [-0.2, -0.15) is 4.98 Å². The normalized spacial score (nSPS) is 11.3. The van der Waals surface area contributed by atoms with E-state index in [1.54, 1.807) is 60.8 Å².